The molecule has 3 aromatic heterocycles. The Kier molecular flexibility index (Phi) is 5.29. The predicted octanol–water partition coefficient (Wildman–Crippen LogP) is 5.10. The topological polar surface area (TPSA) is 82.8 Å². The van der Waals surface area contributed by atoms with E-state index in [4.69, 9.17) is 8.94 Å². The van der Waals surface area contributed by atoms with Crippen LogP contribution < -0.4 is 0 Å². The van der Waals surface area contributed by atoms with Gasteiger partial charge in [0.1, 0.15) is 0 Å². The molecule has 0 spiro atoms. The van der Waals surface area contributed by atoms with E-state index in [2.05, 4.69) is 38.8 Å². The molecule has 0 aliphatic heterocycles. The fourth-order valence-corrected chi connectivity index (χ4v) is 3.70. The summed E-state index contributed by atoms with van der Waals surface area (Å²) in [5.41, 5.74) is 0.929. The molecule has 0 radical (unpaired) electrons. The largest absolute Gasteiger partial charge is 0.461 e. The number of nitrogens with zero attached hydrogens (tertiary/aromatic N) is 5. The summed E-state index contributed by atoms with van der Waals surface area (Å²) in [6, 6.07) is 13.5. The third-order valence-electron chi connectivity index (χ3n) is 4.11. The van der Waals surface area contributed by atoms with Crippen LogP contribution in [0, 0.1) is 5.92 Å². The molecule has 0 aliphatic rings. The summed E-state index contributed by atoms with van der Waals surface area (Å²) in [5.74, 6) is 3.01. The van der Waals surface area contributed by atoms with Crippen LogP contribution in [-0.4, -0.2) is 24.9 Å². The smallest absolute Gasteiger partial charge is 0.240 e. The van der Waals surface area contributed by atoms with Crippen LogP contribution in [0.5, 0.6) is 0 Å². The summed E-state index contributed by atoms with van der Waals surface area (Å²) < 4.78 is 13.1. The lowest BCUT2D eigenvalue weighted by molar-refractivity contribution is 0.380. The van der Waals surface area contributed by atoms with E-state index >= 15 is 0 Å². The van der Waals surface area contributed by atoms with Gasteiger partial charge in [-0.05, 0) is 25.0 Å². The Morgan fingerprint density at radius 1 is 1.04 bits per heavy atom. The van der Waals surface area contributed by atoms with E-state index in [1.165, 1.54) is 0 Å². The van der Waals surface area contributed by atoms with E-state index in [1.807, 2.05) is 49.4 Å². The predicted molar refractivity (Wildman–Crippen MR) is 107 cm³/mol. The molecule has 1 aromatic carbocycles. The summed E-state index contributed by atoms with van der Waals surface area (Å²) in [5, 5.41) is 13.6. The normalized spacial score (nSPS) is 12.6. The molecule has 7 nitrogen and oxygen atoms in total. The van der Waals surface area contributed by atoms with Gasteiger partial charge in [-0.1, -0.05) is 61.1 Å². The molecule has 1 atom stereocenters. The van der Waals surface area contributed by atoms with E-state index < -0.39 is 0 Å². The lowest BCUT2D eigenvalue weighted by atomic mass is 10.2. The van der Waals surface area contributed by atoms with Gasteiger partial charge in [0.15, 0.2) is 16.7 Å². The van der Waals surface area contributed by atoms with E-state index in [-0.39, 0.29) is 5.25 Å². The first-order chi connectivity index (χ1) is 13.6. The Morgan fingerprint density at radius 2 is 1.86 bits per heavy atom. The zero-order valence-corrected chi connectivity index (χ0v) is 16.8. The third kappa shape index (κ3) is 3.87. The molecule has 1 unspecified atom stereocenters. The Balaban J connectivity index is 1.58. The van der Waals surface area contributed by atoms with Gasteiger partial charge in [0.25, 0.3) is 0 Å². The molecule has 28 heavy (non-hydrogen) atoms. The van der Waals surface area contributed by atoms with Crippen molar-refractivity contribution in [2.24, 2.45) is 5.92 Å². The summed E-state index contributed by atoms with van der Waals surface area (Å²) in [4.78, 5) is 4.55. The second-order valence-electron chi connectivity index (χ2n) is 6.87. The second kappa shape index (κ2) is 8.02. The molecule has 0 amide bonds. The van der Waals surface area contributed by atoms with Crippen molar-refractivity contribution in [1.82, 2.24) is 24.9 Å². The molecule has 0 fully saturated rings. The van der Waals surface area contributed by atoms with Crippen LogP contribution in [0.15, 0.2) is 62.8 Å². The zero-order valence-electron chi connectivity index (χ0n) is 15.9. The standard InChI is InChI=1S/C20H21N5O2S/c1-13(2)12-25-18(16-10-7-11-26-16)22-23-20(25)28-14(3)19-21-17(24-27-19)15-8-5-4-6-9-15/h4-11,13-14H,12H2,1-3H3. The first-order valence-corrected chi connectivity index (χ1v) is 10.0. The summed E-state index contributed by atoms with van der Waals surface area (Å²) in [6.45, 7) is 7.13. The molecular weight excluding hydrogens is 374 g/mol. The molecule has 0 saturated carbocycles. The highest BCUT2D eigenvalue weighted by atomic mass is 32.2. The fraction of sp³-hybridized carbons (Fsp3) is 0.300. The van der Waals surface area contributed by atoms with Gasteiger partial charge >= 0.3 is 0 Å². The molecule has 0 bridgehead atoms. The van der Waals surface area contributed by atoms with Crippen LogP contribution in [0.4, 0.5) is 0 Å². The summed E-state index contributed by atoms with van der Waals surface area (Å²) in [7, 11) is 0. The Labute approximate surface area is 167 Å². The fourth-order valence-electron chi connectivity index (χ4n) is 2.81. The van der Waals surface area contributed by atoms with Crippen LogP contribution in [0.1, 0.15) is 31.9 Å². The number of thioether (sulfide) groups is 1. The van der Waals surface area contributed by atoms with E-state index in [1.54, 1.807) is 18.0 Å². The number of aromatic nitrogens is 5. The maximum Gasteiger partial charge on any atom is 0.240 e. The molecule has 144 valence electrons. The van der Waals surface area contributed by atoms with Crippen molar-refractivity contribution in [3.05, 3.63) is 54.6 Å². The molecule has 3 heterocycles. The average Bonchev–Trinajstić information content (AvgIpc) is 3.43. The van der Waals surface area contributed by atoms with Gasteiger partial charge in [-0.25, -0.2) is 0 Å². The van der Waals surface area contributed by atoms with Crippen molar-refractivity contribution in [2.75, 3.05) is 0 Å². The van der Waals surface area contributed by atoms with Crippen molar-refractivity contribution in [3.8, 4) is 23.0 Å². The number of hydrogen-bond donors (Lipinski definition) is 0. The Bertz CT molecular complexity index is 1020. The summed E-state index contributed by atoms with van der Waals surface area (Å²) in [6.07, 6.45) is 1.64. The van der Waals surface area contributed by atoms with E-state index in [0.29, 0.717) is 23.4 Å². The Hall–Kier alpha value is -2.87. The second-order valence-corrected chi connectivity index (χ2v) is 8.18. The molecule has 0 aliphatic carbocycles. The SMILES string of the molecule is CC(C)Cn1c(SC(C)c2nc(-c3ccccc3)no2)nnc1-c1ccco1. The van der Waals surface area contributed by atoms with Gasteiger partial charge < -0.3 is 8.94 Å². The van der Waals surface area contributed by atoms with Gasteiger partial charge in [-0.3, -0.25) is 4.57 Å². The number of benzene rings is 1. The van der Waals surface area contributed by atoms with Crippen LogP contribution in [0.25, 0.3) is 23.0 Å². The average molecular weight is 395 g/mol. The first kappa shape index (κ1) is 18.5. The van der Waals surface area contributed by atoms with Crippen molar-refractivity contribution >= 4 is 11.8 Å². The highest BCUT2D eigenvalue weighted by Gasteiger charge is 2.23. The van der Waals surface area contributed by atoms with Crippen molar-refractivity contribution in [1.29, 1.82) is 0 Å². The van der Waals surface area contributed by atoms with Crippen LogP contribution in [0.2, 0.25) is 0 Å². The molecule has 4 rings (SSSR count). The summed E-state index contributed by atoms with van der Waals surface area (Å²) >= 11 is 1.54. The molecule has 8 heteroatoms. The quantitative estimate of drug-likeness (QED) is 0.403. The third-order valence-corrected chi connectivity index (χ3v) is 5.18. The van der Waals surface area contributed by atoms with E-state index in [9.17, 15) is 0 Å². The van der Waals surface area contributed by atoms with Crippen LogP contribution in [0.3, 0.4) is 0 Å². The molecule has 0 saturated heterocycles. The van der Waals surface area contributed by atoms with Gasteiger partial charge in [-0.2, -0.15) is 4.98 Å². The highest BCUT2D eigenvalue weighted by molar-refractivity contribution is 7.99. The van der Waals surface area contributed by atoms with E-state index in [0.717, 1.165) is 23.1 Å². The number of hydrogen-bond acceptors (Lipinski definition) is 7. The van der Waals surface area contributed by atoms with Gasteiger partial charge in [0, 0.05) is 12.1 Å². The zero-order chi connectivity index (χ0) is 19.5. The molecule has 0 N–H and O–H groups in total. The minimum Gasteiger partial charge on any atom is -0.461 e. The number of furan rings is 1. The van der Waals surface area contributed by atoms with Gasteiger partial charge in [-0.15, -0.1) is 10.2 Å². The van der Waals surface area contributed by atoms with Crippen LogP contribution >= 0.6 is 11.8 Å². The van der Waals surface area contributed by atoms with Crippen LogP contribution in [-0.2, 0) is 6.54 Å². The Morgan fingerprint density at radius 3 is 2.57 bits per heavy atom. The van der Waals surface area contributed by atoms with Gasteiger partial charge in [0.2, 0.25) is 11.7 Å². The minimum absolute atomic E-state index is 0.0653. The van der Waals surface area contributed by atoms with Crippen molar-refractivity contribution < 1.29 is 8.94 Å². The maximum absolute atomic E-state index is 5.52. The molecular formula is C20H21N5O2S. The highest BCUT2D eigenvalue weighted by Crippen LogP contribution is 2.35. The first-order valence-electron chi connectivity index (χ1n) is 9.14. The molecule has 4 aromatic rings. The van der Waals surface area contributed by atoms with Crippen molar-refractivity contribution in [2.45, 2.75) is 37.7 Å². The lowest BCUT2D eigenvalue weighted by Gasteiger charge is -2.12. The minimum atomic E-state index is -0.0653. The van der Waals surface area contributed by atoms with Gasteiger partial charge in [0.05, 0.1) is 11.5 Å². The maximum atomic E-state index is 5.52. The monoisotopic (exact) mass is 395 g/mol. The van der Waals surface area contributed by atoms with Crippen molar-refractivity contribution in [3.63, 3.8) is 0 Å². The number of rotatable bonds is 7. The lowest BCUT2D eigenvalue weighted by Crippen LogP contribution is -2.08.